The fourth-order valence-electron chi connectivity index (χ4n) is 1.16. The molecular weight excluding hydrogens is 202 g/mol. The first-order valence-corrected chi connectivity index (χ1v) is 6.06. The van der Waals surface area contributed by atoms with E-state index in [9.17, 15) is 8.42 Å². The van der Waals surface area contributed by atoms with Crippen molar-refractivity contribution in [3.05, 3.63) is 17.5 Å². The second kappa shape index (κ2) is 3.70. The summed E-state index contributed by atoms with van der Waals surface area (Å²) >= 11 is 0. The number of hydrogen-bond donors (Lipinski definition) is 0. The summed E-state index contributed by atoms with van der Waals surface area (Å²) in [6, 6.07) is 0. The van der Waals surface area contributed by atoms with Crippen LogP contribution in [0.4, 0.5) is 0 Å². The number of aromatic nitrogens is 2. The van der Waals surface area contributed by atoms with Crippen molar-refractivity contribution in [2.75, 3.05) is 13.3 Å². The van der Waals surface area contributed by atoms with Gasteiger partial charge in [-0.2, -0.15) is 5.10 Å². The smallest absolute Gasteiger partial charge is 0.211 e. The summed E-state index contributed by atoms with van der Waals surface area (Å²) in [5.41, 5.74) is 1.79. The van der Waals surface area contributed by atoms with E-state index in [1.807, 2.05) is 20.2 Å². The number of nitrogens with zero attached hydrogens (tertiary/aromatic N) is 3. The molecule has 0 aliphatic heterocycles. The van der Waals surface area contributed by atoms with Crippen molar-refractivity contribution < 1.29 is 8.42 Å². The number of rotatable bonds is 3. The molecule has 0 bridgehead atoms. The van der Waals surface area contributed by atoms with Gasteiger partial charge >= 0.3 is 0 Å². The molecule has 0 aromatic carbocycles. The van der Waals surface area contributed by atoms with Crippen LogP contribution in [0.5, 0.6) is 0 Å². The van der Waals surface area contributed by atoms with Crippen molar-refractivity contribution in [1.29, 1.82) is 0 Å². The highest BCUT2D eigenvalue weighted by Gasteiger charge is 2.13. The first kappa shape index (κ1) is 11.2. The van der Waals surface area contributed by atoms with E-state index in [0.717, 1.165) is 11.3 Å². The van der Waals surface area contributed by atoms with E-state index in [-0.39, 0.29) is 0 Å². The summed E-state index contributed by atoms with van der Waals surface area (Å²) in [7, 11) is 0.262. The van der Waals surface area contributed by atoms with Gasteiger partial charge in [0.1, 0.15) is 0 Å². The molecule has 0 fully saturated rings. The molecule has 0 amide bonds. The molecule has 14 heavy (non-hydrogen) atoms. The van der Waals surface area contributed by atoms with E-state index in [1.165, 1.54) is 10.6 Å². The predicted molar refractivity (Wildman–Crippen MR) is 54.3 cm³/mol. The lowest BCUT2D eigenvalue weighted by atomic mass is 10.3. The predicted octanol–water partition coefficient (Wildman–Crippen LogP) is 0.120. The molecule has 1 rings (SSSR count). The fourth-order valence-corrected chi connectivity index (χ4v) is 1.53. The fraction of sp³-hybridized carbons (Fsp3) is 0.625. The van der Waals surface area contributed by atoms with E-state index >= 15 is 0 Å². The van der Waals surface area contributed by atoms with Gasteiger partial charge in [-0.25, -0.2) is 12.7 Å². The molecule has 0 saturated carbocycles. The summed E-state index contributed by atoms with van der Waals surface area (Å²) in [4.78, 5) is 0. The van der Waals surface area contributed by atoms with Crippen molar-refractivity contribution in [2.24, 2.45) is 7.05 Å². The van der Waals surface area contributed by atoms with E-state index in [2.05, 4.69) is 5.10 Å². The number of hydrogen-bond acceptors (Lipinski definition) is 3. The van der Waals surface area contributed by atoms with Crippen LogP contribution in [0.15, 0.2) is 6.20 Å². The topological polar surface area (TPSA) is 55.2 Å². The summed E-state index contributed by atoms with van der Waals surface area (Å²) in [6.07, 6.45) is 3.02. The van der Waals surface area contributed by atoms with Crippen molar-refractivity contribution in [3.8, 4) is 0 Å². The molecule has 0 saturated heterocycles. The minimum absolute atomic E-state index is 0.374. The zero-order valence-corrected chi connectivity index (χ0v) is 9.67. The average Bonchev–Trinajstić information content (AvgIpc) is 2.28. The molecule has 1 aromatic rings. The van der Waals surface area contributed by atoms with E-state index in [0.29, 0.717) is 6.54 Å². The molecule has 6 heteroatoms. The summed E-state index contributed by atoms with van der Waals surface area (Å²) in [5.74, 6) is 0. The van der Waals surface area contributed by atoms with Crippen LogP contribution in [0.25, 0.3) is 0 Å². The van der Waals surface area contributed by atoms with Gasteiger partial charge < -0.3 is 0 Å². The highest BCUT2D eigenvalue weighted by molar-refractivity contribution is 7.88. The van der Waals surface area contributed by atoms with Crippen LogP contribution in [-0.2, 0) is 23.6 Å². The van der Waals surface area contributed by atoms with Crippen LogP contribution in [0.3, 0.4) is 0 Å². The second-order valence-corrected chi connectivity index (χ2v) is 5.52. The summed E-state index contributed by atoms with van der Waals surface area (Å²) in [6.45, 7) is 2.24. The summed E-state index contributed by atoms with van der Waals surface area (Å²) in [5, 5.41) is 4.14. The molecule has 0 N–H and O–H groups in total. The summed E-state index contributed by atoms with van der Waals surface area (Å²) < 4.78 is 25.3. The minimum atomic E-state index is -3.11. The third-order valence-electron chi connectivity index (χ3n) is 2.07. The SMILES string of the molecule is Cc1nn(C)cc1CN(C)S(C)(=O)=O. The molecule has 80 valence electrons. The minimum Gasteiger partial charge on any atom is -0.275 e. The first-order chi connectivity index (χ1) is 6.30. The maximum absolute atomic E-state index is 11.2. The van der Waals surface area contributed by atoms with E-state index < -0.39 is 10.0 Å². The van der Waals surface area contributed by atoms with Gasteiger partial charge in [-0.1, -0.05) is 0 Å². The molecule has 0 aliphatic carbocycles. The standard InChI is InChI=1S/C8H15N3O2S/c1-7-8(5-10(2)9-7)6-11(3)14(4,12)13/h5H,6H2,1-4H3. The Morgan fingerprint density at radius 3 is 2.50 bits per heavy atom. The van der Waals surface area contributed by atoms with Gasteiger partial charge in [-0.15, -0.1) is 0 Å². The molecule has 1 heterocycles. The van der Waals surface area contributed by atoms with Crippen LogP contribution in [0.2, 0.25) is 0 Å². The number of aryl methyl sites for hydroxylation is 2. The lowest BCUT2D eigenvalue weighted by Gasteiger charge is -2.12. The largest absolute Gasteiger partial charge is 0.275 e. The van der Waals surface area contributed by atoms with Crippen molar-refractivity contribution in [2.45, 2.75) is 13.5 Å². The molecule has 0 aliphatic rings. The molecule has 0 atom stereocenters. The Morgan fingerprint density at radius 1 is 1.57 bits per heavy atom. The average molecular weight is 217 g/mol. The normalized spacial score (nSPS) is 12.4. The van der Waals surface area contributed by atoms with Gasteiger partial charge in [0.25, 0.3) is 0 Å². The molecule has 0 spiro atoms. The Hall–Kier alpha value is -0.880. The number of sulfonamides is 1. The van der Waals surface area contributed by atoms with Gasteiger partial charge in [-0.05, 0) is 6.92 Å². The van der Waals surface area contributed by atoms with Crippen molar-refractivity contribution in [1.82, 2.24) is 14.1 Å². The second-order valence-electron chi connectivity index (χ2n) is 3.43. The third-order valence-corrected chi connectivity index (χ3v) is 3.34. The van der Waals surface area contributed by atoms with Crippen molar-refractivity contribution in [3.63, 3.8) is 0 Å². The van der Waals surface area contributed by atoms with Crippen LogP contribution in [0, 0.1) is 6.92 Å². The Morgan fingerprint density at radius 2 is 2.14 bits per heavy atom. The Labute approximate surface area is 84.4 Å². The van der Waals surface area contributed by atoms with Gasteiger partial charge in [-0.3, -0.25) is 4.68 Å². The maximum Gasteiger partial charge on any atom is 0.211 e. The van der Waals surface area contributed by atoms with Crippen molar-refractivity contribution >= 4 is 10.0 Å². The van der Waals surface area contributed by atoms with E-state index in [4.69, 9.17) is 0 Å². The molecule has 0 radical (unpaired) electrons. The van der Waals surface area contributed by atoms with Gasteiger partial charge in [0, 0.05) is 32.4 Å². The third kappa shape index (κ3) is 2.55. The van der Waals surface area contributed by atoms with Crippen LogP contribution >= 0.6 is 0 Å². The Balaban J connectivity index is 2.85. The van der Waals surface area contributed by atoms with Gasteiger partial charge in [0.05, 0.1) is 11.9 Å². The first-order valence-electron chi connectivity index (χ1n) is 4.21. The maximum atomic E-state index is 11.2. The Bertz CT molecular complexity index is 422. The zero-order chi connectivity index (χ0) is 10.9. The highest BCUT2D eigenvalue weighted by atomic mass is 32.2. The Kier molecular flexibility index (Phi) is 2.96. The molecule has 1 aromatic heterocycles. The monoisotopic (exact) mass is 217 g/mol. The van der Waals surface area contributed by atoms with Crippen LogP contribution in [-0.4, -0.2) is 35.8 Å². The molecule has 0 unspecified atom stereocenters. The lowest BCUT2D eigenvalue weighted by Crippen LogP contribution is -2.24. The molecule has 5 nitrogen and oxygen atoms in total. The van der Waals surface area contributed by atoms with Gasteiger partial charge in [0.15, 0.2) is 0 Å². The lowest BCUT2D eigenvalue weighted by molar-refractivity contribution is 0.471. The highest BCUT2D eigenvalue weighted by Crippen LogP contribution is 2.09. The van der Waals surface area contributed by atoms with Crippen LogP contribution in [0.1, 0.15) is 11.3 Å². The zero-order valence-electron chi connectivity index (χ0n) is 8.85. The quantitative estimate of drug-likeness (QED) is 0.722. The van der Waals surface area contributed by atoms with Crippen LogP contribution < -0.4 is 0 Å². The van der Waals surface area contributed by atoms with E-state index in [1.54, 1.807) is 11.7 Å². The van der Waals surface area contributed by atoms with Gasteiger partial charge in [0.2, 0.25) is 10.0 Å². The molecular formula is C8H15N3O2S.